The van der Waals surface area contributed by atoms with Crippen LogP contribution in [-0.4, -0.2) is 39.8 Å². The average molecular weight is 433 g/mol. The average Bonchev–Trinajstić information content (AvgIpc) is 2.92. The predicted molar refractivity (Wildman–Crippen MR) is 117 cm³/mol. The summed E-state index contributed by atoms with van der Waals surface area (Å²) in [6.07, 6.45) is 6.89. The SMILES string of the molecule is CC1(C)CCC[C@@]2(CO)[C@H]1CC[C@]1(C)[C@@H]2C[C@@H](O)[C@]2(C)C3=C(CC[C@@H]12)[C@@](C)(O)OC3=O. The molecule has 0 saturated heterocycles. The van der Waals surface area contributed by atoms with Crippen molar-refractivity contribution >= 4 is 5.97 Å². The Hall–Kier alpha value is -0.910. The van der Waals surface area contributed by atoms with Gasteiger partial charge in [-0.15, -0.1) is 0 Å². The Balaban J connectivity index is 1.63. The second-order valence-corrected chi connectivity index (χ2v) is 12.7. The largest absolute Gasteiger partial charge is 0.426 e. The van der Waals surface area contributed by atoms with Gasteiger partial charge in [-0.1, -0.05) is 34.1 Å². The van der Waals surface area contributed by atoms with Crippen molar-refractivity contribution in [3.63, 3.8) is 0 Å². The molecule has 0 bridgehead atoms. The van der Waals surface area contributed by atoms with Crippen LogP contribution in [0.2, 0.25) is 0 Å². The highest BCUT2D eigenvalue weighted by molar-refractivity contribution is 5.94. The van der Waals surface area contributed by atoms with Gasteiger partial charge in [0.15, 0.2) is 0 Å². The van der Waals surface area contributed by atoms with E-state index in [0.717, 1.165) is 32.1 Å². The van der Waals surface area contributed by atoms with E-state index < -0.39 is 23.3 Å². The molecule has 8 atom stereocenters. The molecule has 3 saturated carbocycles. The van der Waals surface area contributed by atoms with E-state index >= 15 is 0 Å². The smallest absolute Gasteiger partial charge is 0.337 e. The summed E-state index contributed by atoms with van der Waals surface area (Å²) in [7, 11) is 0. The van der Waals surface area contributed by atoms with E-state index in [2.05, 4.69) is 20.8 Å². The van der Waals surface area contributed by atoms with Crippen molar-refractivity contribution in [2.75, 3.05) is 6.61 Å². The Kier molecular flexibility index (Phi) is 4.49. The van der Waals surface area contributed by atoms with Crippen molar-refractivity contribution < 1.29 is 24.9 Å². The van der Waals surface area contributed by atoms with Crippen LogP contribution in [0, 0.1) is 39.4 Å². The molecule has 0 amide bonds. The normalized spacial score (nSPS) is 53.2. The van der Waals surface area contributed by atoms with E-state index in [1.165, 1.54) is 6.42 Å². The van der Waals surface area contributed by atoms with Crippen LogP contribution in [0.3, 0.4) is 0 Å². The van der Waals surface area contributed by atoms with Gasteiger partial charge < -0.3 is 20.1 Å². The third-order valence-corrected chi connectivity index (χ3v) is 11.1. The molecule has 3 fully saturated rings. The predicted octanol–water partition coefficient (Wildman–Crippen LogP) is 3.95. The number of aliphatic hydroxyl groups excluding tert-OH is 2. The number of hydrogen-bond donors (Lipinski definition) is 3. The van der Waals surface area contributed by atoms with Crippen LogP contribution >= 0.6 is 0 Å². The Labute approximate surface area is 186 Å². The minimum atomic E-state index is -1.56. The number of cyclic esters (lactones) is 1. The van der Waals surface area contributed by atoms with Gasteiger partial charge in [0.25, 0.3) is 0 Å². The molecule has 0 unspecified atom stereocenters. The lowest BCUT2D eigenvalue weighted by Crippen LogP contribution is -2.67. The van der Waals surface area contributed by atoms with E-state index in [-0.39, 0.29) is 34.7 Å². The zero-order chi connectivity index (χ0) is 22.6. The standard InChI is InChI=1S/C26H40O5/c1-22(2)10-6-11-26(14-27)16(22)9-12-23(3)17-8-7-15-20(21(29)31-25(15,5)30)24(17,4)19(28)13-18(23)26/h16-19,27-28,30H,6-14H2,1-5H3/t16-,17-,18-,19+,23-,24+,25-,26+/m0/s1. The molecule has 174 valence electrons. The van der Waals surface area contributed by atoms with Crippen LogP contribution in [0.25, 0.3) is 0 Å². The first-order chi connectivity index (χ1) is 14.3. The maximum atomic E-state index is 12.9. The minimum absolute atomic E-state index is 0.0616. The number of hydrogen-bond acceptors (Lipinski definition) is 5. The molecule has 5 rings (SSSR count). The third kappa shape index (κ3) is 2.52. The lowest BCUT2D eigenvalue weighted by Gasteiger charge is -2.70. The Bertz CT molecular complexity index is 843. The minimum Gasteiger partial charge on any atom is -0.426 e. The molecule has 3 N–H and O–H groups in total. The molecule has 0 aromatic rings. The Morgan fingerprint density at radius 3 is 2.39 bits per heavy atom. The number of aliphatic hydroxyl groups is 3. The van der Waals surface area contributed by atoms with Crippen LogP contribution in [0.5, 0.6) is 0 Å². The van der Waals surface area contributed by atoms with Crippen LogP contribution in [0.4, 0.5) is 0 Å². The summed E-state index contributed by atoms with van der Waals surface area (Å²) in [5.41, 5.74) is 0.460. The number of ether oxygens (including phenoxy) is 1. The first-order valence-electron chi connectivity index (χ1n) is 12.3. The zero-order valence-corrected chi connectivity index (χ0v) is 19.8. The van der Waals surface area contributed by atoms with Crippen molar-refractivity contribution in [1.82, 2.24) is 0 Å². The fraction of sp³-hybridized carbons (Fsp3) is 0.885. The Morgan fingerprint density at radius 2 is 1.71 bits per heavy atom. The highest BCUT2D eigenvalue weighted by Crippen LogP contribution is 2.73. The summed E-state index contributed by atoms with van der Waals surface area (Å²) in [4.78, 5) is 12.9. The van der Waals surface area contributed by atoms with Crippen LogP contribution < -0.4 is 0 Å². The Morgan fingerprint density at radius 1 is 1.00 bits per heavy atom. The molecule has 5 aliphatic rings. The maximum absolute atomic E-state index is 12.9. The number of carbonyl (C=O) groups excluding carboxylic acids is 1. The van der Waals surface area contributed by atoms with Crippen molar-refractivity contribution in [2.45, 2.75) is 97.9 Å². The van der Waals surface area contributed by atoms with Gasteiger partial charge in [-0.2, -0.15) is 0 Å². The summed E-state index contributed by atoms with van der Waals surface area (Å²) >= 11 is 0. The molecule has 0 aromatic carbocycles. The summed E-state index contributed by atoms with van der Waals surface area (Å²) < 4.78 is 5.37. The molecule has 5 nitrogen and oxygen atoms in total. The summed E-state index contributed by atoms with van der Waals surface area (Å²) in [6.45, 7) is 10.9. The first kappa shape index (κ1) is 21.9. The third-order valence-electron chi connectivity index (χ3n) is 11.1. The molecule has 0 spiro atoms. The molecule has 1 heterocycles. The van der Waals surface area contributed by atoms with Gasteiger partial charge in [-0.25, -0.2) is 4.79 Å². The fourth-order valence-electron chi connectivity index (χ4n) is 9.80. The van der Waals surface area contributed by atoms with Crippen molar-refractivity contribution in [3.05, 3.63) is 11.1 Å². The molecule has 1 aliphatic heterocycles. The highest BCUT2D eigenvalue weighted by atomic mass is 16.7. The second-order valence-electron chi connectivity index (χ2n) is 12.7. The van der Waals surface area contributed by atoms with Crippen molar-refractivity contribution in [1.29, 1.82) is 0 Å². The highest BCUT2D eigenvalue weighted by Gasteiger charge is 2.70. The van der Waals surface area contributed by atoms with E-state index in [1.807, 2.05) is 6.92 Å². The molecule has 31 heavy (non-hydrogen) atoms. The van der Waals surface area contributed by atoms with Crippen LogP contribution in [0.15, 0.2) is 11.1 Å². The zero-order valence-electron chi connectivity index (χ0n) is 19.8. The van der Waals surface area contributed by atoms with Crippen molar-refractivity contribution in [3.8, 4) is 0 Å². The molecular formula is C26H40O5. The van der Waals surface area contributed by atoms with Gasteiger partial charge in [-0.3, -0.25) is 0 Å². The van der Waals surface area contributed by atoms with E-state index in [4.69, 9.17) is 4.74 Å². The van der Waals surface area contributed by atoms with Gasteiger partial charge in [0.1, 0.15) is 0 Å². The summed E-state index contributed by atoms with van der Waals surface area (Å²) in [5, 5.41) is 33.3. The molecule has 0 aromatic heterocycles. The number of carbonyl (C=O) groups is 1. The van der Waals surface area contributed by atoms with Gasteiger partial charge in [-0.05, 0) is 73.5 Å². The van der Waals surface area contributed by atoms with E-state index in [1.54, 1.807) is 6.92 Å². The van der Waals surface area contributed by atoms with E-state index in [9.17, 15) is 20.1 Å². The summed E-state index contributed by atoms with van der Waals surface area (Å²) in [5.74, 6) is -1.20. The number of esters is 1. The number of rotatable bonds is 1. The quantitative estimate of drug-likeness (QED) is 0.546. The monoisotopic (exact) mass is 432 g/mol. The van der Waals surface area contributed by atoms with E-state index in [0.29, 0.717) is 29.9 Å². The van der Waals surface area contributed by atoms with Crippen LogP contribution in [0.1, 0.15) is 86.0 Å². The van der Waals surface area contributed by atoms with Gasteiger partial charge in [0.2, 0.25) is 5.79 Å². The second kappa shape index (κ2) is 6.36. The lowest BCUT2D eigenvalue weighted by molar-refractivity contribution is -0.233. The summed E-state index contributed by atoms with van der Waals surface area (Å²) in [6, 6.07) is 0. The first-order valence-corrected chi connectivity index (χ1v) is 12.3. The van der Waals surface area contributed by atoms with Gasteiger partial charge in [0, 0.05) is 29.9 Å². The molecule has 0 radical (unpaired) electrons. The topological polar surface area (TPSA) is 87.0 Å². The fourth-order valence-corrected chi connectivity index (χ4v) is 9.80. The van der Waals surface area contributed by atoms with Crippen LogP contribution in [-0.2, 0) is 9.53 Å². The maximum Gasteiger partial charge on any atom is 0.337 e. The molecular weight excluding hydrogens is 392 g/mol. The molecule has 4 aliphatic carbocycles. The van der Waals surface area contributed by atoms with Crippen molar-refractivity contribution in [2.24, 2.45) is 39.4 Å². The molecule has 5 heteroatoms. The lowest BCUT2D eigenvalue weighted by atomic mass is 9.35. The van der Waals surface area contributed by atoms with Gasteiger partial charge >= 0.3 is 5.97 Å². The van der Waals surface area contributed by atoms with Gasteiger partial charge in [0.05, 0.1) is 11.7 Å². The number of fused-ring (bicyclic) bond motifs is 6.